The molecule has 2 atom stereocenters. The van der Waals surface area contributed by atoms with Crippen molar-refractivity contribution >= 4 is 5.91 Å². The van der Waals surface area contributed by atoms with Crippen molar-refractivity contribution < 1.29 is 9.53 Å². The number of hydrogen-bond acceptors (Lipinski definition) is 3. The second kappa shape index (κ2) is 11.1. The molecule has 0 spiro atoms. The predicted octanol–water partition coefficient (Wildman–Crippen LogP) is 4.08. The van der Waals surface area contributed by atoms with Gasteiger partial charge in [-0.25, -0.2) is 0 Å². The summed E-state index contributed by atoms with van der Waals surface area (Å²) < 4.78 is 6.12. The average Bonchev–Trinajstić information content (AvgIpc) is 2.69. The zero-order valence-electron chi connectivity index (χ0n) is 16.9. The van der Waals surface area contributed by atoms with Gasteiger partial charge < -0.3 is 15.8 Å². The fourth-order valence-electron chi connectivity index (χ4n) is 3.45. The van der Waals surface area contributed by atoms with E-state index in [-0.39, 0.29) is 24.1 Å². The van der Waals surface area contributed by atoms with Crippen molar-refractivity contribution in [2.75, 3.05) is 6.61 Å². The van der Waals surface area contributed by atoms with E-state index in [1.165, 1.54) is 5.56 Å². The van der Waals surface area contributed by atoms with E-state index in [0.717, 1.165) is 25.7 Å². The standard InChI is InChI=1S/C23H34N2O2/c1-4-5-9-17(2)23(26)25-22(18(3)24)16-27-21-14-12-20(13-15-21)19-10-7-6-8-11-19/h4-11,18,20-22H,12-16,24H2,1-3H3,(H,25,26)/b5-4-,17-9-. The van der Waals surface area contributed by atoms with E-state index < -0.39 is 0 Å². The predicted molar refractivity (Wildman–Crippen MR) is 112 cm³/mol. The van der Waals surface area contributed by atoms with Gasteiger partial charge in [0.25, 0.3) is 0 Å². The zero-order chi connectivity index (χ0) is 19.6. The SMILES string of the molecule is C/C=C\C=C(\C)C(=O)NC(COC1CCC(c2ccccc2)CC1)C(C)N. The van der Waals surface area contributed by atoms with Crippen molar-refractivity contribution in [3.05, 3.63) is 59.7 Å². The quantitative estimate of drug-likeness (QED) is 0.535. The van der Waals surface area contributed by atoms with Gasteiger partial charge in [-0.05, 0) is 57.9 Å². The number of allylic oxidation sites excluding steroid dienone is 3. The maximum absolute atomic E-state index is 12.3. The van der Waals surface area contributed by atoms with Gasteiger partial charge in [0.15, 0.2) is 0 Å². The van der Waals surface area contributed by atoms with E-state index in [4.69, 9.17) is 10.5 Å². The molecule has 148 valence electrons. The largest absolute Gasteiger partial charge is 0.376 e. The third-order valence-electron chi connectivity index (χ3n) is 5.30. The summed E-state index contributed by atoms with van der Waals surface area (Å²) in [6.45, 7) is 6.10. The van der Waals surface area contributed by atoms with Crippen LogP contribution in [0.4, 0.5) is 0 Å². The molecular weight excluding hydrogens is 336 g/mol. The Morgan fingerprint density at radius 1 is 1.26 bits per heavy atom. The number of rotatable bonds is 8. The van der Waals surface area contributed by atoms with Crippen molar-refractivity contribution in [2.45, 2.75) is 70.6 Å². The molecule has 1 amide bonds. The minimum atomic E-state index is -0.182. The van der Waals surface area contributed by atoms with Crippen LogP contribution in [0.15, 0.2) is 54.1 Å². The molecule has 3 N–H and O–H groups in total. The zero-order valence-corrected chi connectivity index (χ0v) is 16.9. The van der Waals surface area contributed by atoms with Crippen LogP contribution >= 0.6 is 0 Å². The molecule has 2 rings (SSSR count). The Kier molecular flexibility index (Phi) is 8.76. The van der Waals surface area contributed by atoms with Gasteiger partial charge in [-0.15, -0.1) is 0 Å². The normalized spacial score (nSPS) is 23.2. The molecule has 1 fully saturated rings. The highest BCUT2D eigenvalue weighted by atomic mass is 16.5. The molecule has 2 unspecified atom stereocenters. The van der Waals surface area contributed by atoms with Crippen LogP contribution < -0.4 is 11.1 Å². The van der Waals surface area contributed by atoms with Gasteiger partial charge in [0, 0.05) is 11.6 Å². The Morgan fingerprint density at radius 3 is 2.52 bits per heavy atom. The Labute approximate surface area is 163 Å². The Hall–Kier alpha value is -1.91. The molecule has 0 saturated heterocycles. The number of amides is 1. The van der Waals surface area contributed by atoms with Gasteiger partial charge in [0.2, 0.25) is 5.91 Å². The maximum atomic E-state index is 12.3. The monoisotopic (exact) mass is 370 g/mol. The van der Waals surface area contributed by atoms with Gasteiger partial charge in [-0.3, -0.25) is 4.79 Å². The van der Waals surface area contributed by atoms with Crippen molar-refractivity contribution in [2.24, 2.45) is 5.73 Å². The molecule has 0 aromatic heterocycles. The first-order chi connectivity index (χ1) is 13.0. The first-order valence-corrected chi connectivity index (χ1v) is 10.0. The van der Waals surface area contributed by atoms with Crippen LogP contribution in [-0.2, 0) is 9.53 Å². The number of nitrogens with one attached hydrogen (secondary N) is 1. The highest BCUT2D eigenvalue weighted by molar-refractivity contribution is 5.93. The molecule has 4 heteroatoms. The molecule has 4 nitrogen and oxygen atoms in total. The maximum Gasteiger partial charge on any atom is 0.247 e. The minimum absolute atomic E-state index is 0.0909. The number of benzene rings is 1. The van der Waals surface area contributed by atoms with E-state index in [1.54, 1.807) is 13.0 Å². The summed E-state index contributed by atoms with van der Waals surface area (Å²) in [4.78, 5) is 12.3. The smallest absolute Gasteiger partial charge is 0.247 e. The van der Waals surface area contributed by atoms with Gasteiger partial charge in [0.1, 0.15) is 0 Å². The lowest BCUT2D eigenvalue weighted by Gasteiger charge is -2.31. The molecule has 0 aliphatic heterocycles. The lowest BCUT2D eigenvalue weighted by molar-refractivity contribution is -0.119. The number of carbonyl (C=O) groups is 1. The van der Waals surface area contributed by atoms with Crippen LogP contribution in [0.5, 0.6) is 0 Å². The molecule has 0 radical (unpaired) electrons. The topological polar surface area (TPSA) is 64.3 Å². The van der Waals surface area contributed by atoms with Crippen LogP contribution in [0, 0.1) is 0 Å². The van der Waals surface area contributed by atoms with Crippen LogP contribution in [0.1, 0.15) is 57.9 Å². The molecule has 1 aliphatic carbocycles. The second-order valence-electron chi connectivity index (χ2n) is 7.53. The molecule has 0 bridgehead atoms. The summed E-state index contributed by atoms with van der Waals surface area (Å²) in [7, 11) is 0. The lowest BCUT2D eigenvalue weighted by atomic mass is 9.83. The third kappa shape index (κ3) is 6.96. The average molecular weight is 371 g/mol. The summed E-state index contributed by atoms with van der Waals surface area (Å²) >= 11 is 0. The van der Waals surface area contributed by atoms with Crippen LogP contribution in [0.2, 0.25) is 0 Å². The number of ether oxygens (including phenoxy) is 1. The van der Waals surface area contributed by atoms with E-state index in [1.807, 2.05) is 26.0 Å². The summed E-state index contributed by atoms with van der Waals surface area (Å²) in [5.74, 6) is 0.543. The molecular formula is C23H34N2O2. The summed E-state index contributed by atoms with van der Waals surface area (Å²) in [6.07, 6.45) is 10.2. The molecule has 1 aromatic rings. The van der Waals surface area contributed by atoms with Crippen LogP contribution in [0.25, 0.3) is 0 Å². The number of carbonyl (C=O) groups excluding carboxylic acids is 1. The third-order valence-corrected chi connectivity index (χ3v) is 5.30. The Morgan fingerprint density at radius 2 is 1.93 bits per heavy atom. The first kappa shape index (κ1) is 21.4. The molecule has 0 heterocycles. The van der Waals surface area contributed by atoms with Gasteiger partial charge in [-0.2, -0.15) is 0 Å². The fraction of sp³-hybridized carbons (Fsp3) is 0.522. The minimum Gasteiger partial charge on any atom is -0.376 e. The molecule has 1 aromatic carbocycles. The van der Waals surface area contributed by atoms with E-state index >= 15 is 0 Å². The van der Waals surface area contributed by atoms with Gasteiger partial charge in [-0.1, -0.05) is 48.6 Å². The fourth-order valence-corrected chi connectivity index (χ4v) is 3.45. The summed E-state index contributed by atoms with van der Waals surface area (Å²) in [5, 5.41) is 3.01. The number of nitrogens with two attached hydrogens (primary N) is 1. The van der Waals surface area contributed by atoms with Crippen LogP contribution in [-0.4, -0.2) is 30.7 Å². The summed E-state index contributed by atoms with van der Waals surface area (Å²) in [5.41, 5.74) is 8.17. The Bertz CT molecular complexity index is 629. The molecule has 27 heavy (non-hydrogen) atoms. The molecule has 1 aliphatic rings. The Balaban J connectivity index is 1.80. The van der Waals surface area contributed by atoms with E-state index in [9.17, 15) is 4.79 Å². The second-order valence-corrected chi connectivity index (χ2v) is 7.53. The number of hydrogen-bond donors (Lipinski definition) is 2. The summed E-state index contributed by atoms with van der Waals surface area (Å²) in [6, 6.07) is 10.4. The van der Waals surface area contributed by atoms with Crippen molar-refractivity contribution in [3.8, 4) is 0 Å². The van der Waals surface area contributed by atoms with Gasteiger partial charge >= 0.3 is 0 Å². The van der Waals surface area contributed by atoms with Crippen molar-refractivity contribution in [1.29, 1.82) is 0 Å². The molecule has 1 saturated carbocycles. The highest BCUT2D eigenvalue weighted by Crippen LogP contribution is 2.33. The van der Waals surface area contributed by atoms with Crippen LogP contribution in [0.3, 0.4) is 0 Å². The van der Waals surface area contributed by atoms with Gasteiger partial charge in [0.05, 0.1) is 18.8 Å². The first-order valence-electron chi connectivity index (χ1n) is 10.0. The van der Waals surface area contributed by atoms with Crippen molar-refractivity contribution in [1.82, 2.24) is 5.32 Å². The van der Waals surface area contributed by atoms with E-state index in [0.29, 0.717) is 18.1 Å². The van der Waals surface area contributed by atoms with E-state index in [2.05, 4.69) is 35.6 Å². The van der Waals surface area contributed by atoms with Crippen molar-refractivity contribution in [3.63, 3.8) is 0 Å². The lowest BCUT2D eigenvalue weighted by Crippen LogP contribution is -2.49. The highest BCUT2D eigenvalue weighted by Gasteiger charge is 2.25.